The van der Waals surface area contributed by atoms with Gasteiger partial charge in [-0.15, -0.1) is 0 Å². The molecule has 4 heterocycles. The normalized spacial score (nSPS) is 18.9. The van der Waals surface area contributed by atoms with Crippen LogP contribution < -0.4 is 15.5 Å². The minimum Gasteiger partial charge on any atom is -0.340 e. The fourth-order valence-corrected chi connectivity index (χ4v) is 5.92. The van der Waals surface area contributed by atoms with E-state index in [1.165, 1.54) is 17.5 Å². The number of carbonyl (C=O) groups excluding carboxylic acids is 2. The van der Waals surface area contributed by atoms with Crippen LogP contribution in [0.4, 0.5) is 23.0 Å². The van der Waals surface area contributed by atoms with E-state index < -0.39 is 5.41 Å². The number of fused-ring (bicyclic) bond motifs is 4. The zero-order chi connectivity index (χ0) is 25.1. The molecule has 0 saturated carbocycles. The Kier molecular flexibility index (Phi) is 4.66. The molecule has 3 aliphatic rings. The molecule has 182 valence electrons. The van der Waals surface area contributed by atoms with Gasteiger partial charge in [0.2, 0.25) is 5.91 Å². The highest BCUT2D eigenvalue weighted by Crippen LogP contribution is 2.47. The molecule has 2 aliphatic heterocycles. The highest BCUT2D eigenvalue weighted by atomic mass is 16.2. The zero-order valence-electron chi connectivity index (χ0n) is 20.3. The van der Waals surface area contributed by atoms with Gasteiger partial charge >= 0.3 is 0 Å². The largest absolute Gasteiger partial charge is 0.340 e. The molecule has 2 aromatic heterocycles. The first kappa shape index (κ1) is 21.7. The Morgan fingerprint density at radius 1 is 1.00 bits per heavy atom. The second-order valence-electron chi connectivity index (χ2n) is 10.0. The van der Waals surface area contributed by atoms with Crippen LogP contribution in [-0.2, 0) is 29.5 Å². The number of rotatable bonds is 3. The van der Waals surface area contributed by atoms with Crippen LogP contribution in [0.25, 0.3) is 0 Å². The number of nitrogens with one attached hydrogen (secondary N) is 2. The lowest BCUT2D eigenvalue weighted by Gasteiger charge is -2.20. The minimum absolute atomic E-state index is 0.00418. The summed E-state index contributed by atoms with van der Waals surface area (Å²) in [4.78, 5) is 41.0. The van der Waals surface area contributed by atoms with E-state index in [0.29, 0.717) is 36.7 Å². The summed E-state index contributed by atoms with van der Waals surface area (Å²) in [5.41, 5.74) is 7.14. The Morgan fingerprint density at radius 3 is 2.81 bits per heavy atom. The standard InChI is InChI=1S/C29H24N6O2/c1-17-4-7-24-18(11-17)8-10-35(24)27(36)23-13-25(32-16-31-23)33-21-6-5-19-14-29(15-20(19)12-21)22-3-2-9-30-26(22)34-28(29)37/h2-7,9,11-13,16H,8,10,14-15H2,1H3,(H,30,34,37)(H,31,32,33)/t29-/m0/s1. The molecule has 7 rings (SSSR count). The van der Waals surface area contributed by atoms with Crippen molar-refractivity contribution in [2.24, 2.45) is 0 Å². The molecule has 0 radical (unpaired) electrons. The molecule has 2 amide bonds. The summed E-state index contributed by atoms with van der Waals surface area (Å²) in [7, 11) is 0. The Bertz CT molecular complexity index is 1620. The molecule has 0 saturated heterocycles. The van der Waals surface area contributed by atoms with E-state index in [1.807, 2.05) is 30.3 Å². The van der Waals surface area contributed by atoms with Gasteiger partial charge in [0.05, 0.1) is 5.41 Å². The average molecular weight is 489 g/mol. The zero-order valence-corrected chi connectivity index (χ0v) is 20.3. The highest BCUT2D eigenvalue weighted by molar-refractivity contribution is 6.07. The number of aryl methyl sites for hydroxylation is 1. The van der Waals surface area contributed by atoms with Gasteiger partial charge in [-0.25, -0.2) is 15.0 Å². The number of hydrogen-bond acceptors (Lipinski definition) is 6. The lowest BCUT2D eigenvalue weighted by molar-refractivity contribution is -0.120. The average Bonchev–Trinajstić information content (AvgIpc) is 3.57. The first-order valence-corrected chi connectivity index (χ1v) is 12.4. The van der Waals surface area contributed by atoms with Crippen LogP contribution in [0.2, 0.25) is 0 Å². The van der Waals surface area contributed by atoms with Crippen LogP contribution in [-0.4, -0.2) is 33.3 Å². The maximum Gasteiger partial charge on any atom is 0.277 e. The van der Waals surface area contributed by atoms with Gasteiger partial charge in [-0.05, 0) is 67.1 Å². The van der Waals surface area contributed by atoms with Crippen molar-refractivity contribution < 1.29 is 9.59 Å². The molecule has 0 bridgehead atoms. The monoisotopic (exact) mass is 488 g/mol. The molecule has 8 heteroatoms. The number of carbonyl (C=O) groups is 2. The predicted octanol–water partition coefficient (Wildman–Crippen LogP) is 4.12. The van der Waals surface area contributed by atoms with E-state index in [-0.39, 0.29) is 11.8 Å². The van der Waals surface area contributed by atoms with Crippen molar-refractivity contribution in [1.29, 1.82) is 0 Å². The number of benzene rings is 2. The maximum atomic E-state index is 13.3. The predicted molar refractivity (Wildman–Crippen MR) is 140 cm³/mol. The van der Waals surface area contributed by atoms with Crippen molar-refractivity contribution in [1.82, 2.24) is 15.0 Å². The Balaban J connectivity index is 1.13. The van der Waals surface area contributed by atoms with Crippen molar-refractivity contribution in [3.05, 3.63) is 101 Å². The number of nitrogens with zero attached hydrogens (tertiary/aromatic N) is 4. The topological polar surface area (TPSA) is 100 Å². The maximum absolute atomic E-state index is 13.3. The third-order valence-electron chi connectivity index (χ3n) is 7.71. The summed E-state index contributed by atoms with van der Waals surface area (Å²) < 4.78 is 0. The van der Waals surface area contributed by atoms with Crippen LogP contribution in [0.3, 0.4) is 0 Å². The van der Waals surface area contributed by atoms with Gasteiger partial charge < -0.3 is 15.5 Å². The Labute approximate surface area is 213 Å². The Morgan fingerprint density at radius 2 is 1.89 bits per heavy atom. The molecule has 1 aliphatic carbocycles. The van der Waals surface area contributed by atoms with E-state index in [0.717, 1.165) is 34.5 Å². The molecule has 4 aromatic rings. The summed E-state index contributed by atoms with van der Waals surface area (Å²) in [6.07, 6.45) is 5.22. The molecule has 0 unspecified atom stereocenters. The van der Waals surface area contributed by atoms with E-state index in [4.69, 9.17) is 0 Å². The number of pyridine rings is 1. The van der Waals surface area contributed by atoms with Crippen molar-refractivity contribution in [3.63, 3.8) is 0 Å². The summed E-state index contributed by atoms with van der Waals surface area (Å²) in [5, 5.41) is 6.27. The van der Waals surface area contributed by atoms with Gasteiger partial charge in [0.15, 0.2) is 0 Å². The molecule has 8 nitrogen and oxygen atoms in total. The third-order valence-corrected chi connectivity index (χ3v) is 7.71. The van der Waals surface area contributed by atoms with Gasteiger partial charge in [0, 0.05) is 35.7 Å². The van der Waals surface area contributed by atoms with Crippen LogP contribution in [0.1, 0.15) is 38.3 Å². The number of amides is 2. The fraction of sp³-hybridized carbons (Fsp3) is 0.207. The van der Waals surface area contributed by atoms with Gasteiger partial charge in [-0.3, -0.25) is 9.59 Å². The van der Waals surface area contributed by atoms with Crippen molar-refractivity contribution in [2.45, 2.75) is 31.6 Å². The van der Waals surface area contributed by atoms with Crippen LogP contribution in [0.5, 0.6) is 0 Å². The van der Waals surface area contributed by atoms with E-state index >= 15 is 0 Å². The summed E-state index contributed by atoms with van der Waals surface area (Å²) in [6, 6.07) is 17.8. The van der Waals surface area contributed by atoms with Crippen LogP contribution >= 0.6 is 0 Å². The summed E-state index contributed by atoms with van der Waals surface area (Å²) >= 11 is 0. The van der Waals surface area contributed by atoms with Crippen LogP contribution in [0, 0.1) is 6.92 Å². The lowest BCUT2D eigenvalue weighted by Crippen LogP contribution is -2.35. The van der Waals surface area contributed by atoms with Crippen molar-refractivity contribution in [2.75, 3.05) is 22.1 Å². The fourth-order valence-electron chi connectivity index (χ4n) is 5.92. The first-order chi connectivity index (χ1) is 18.0. The van der Waals surface area contributed by atoms with Gasteiger partial charge in [-0.1, -0.05) is 29.8 Å². The lowest BCUT2D eigenvalue weighted by atomic mass is 9.79. The van der Waals surface area contributed by atoms with Gasteiger partial charge in [0.25, 0.3) is 5.91 Å². The SMILES string of the molecule is Cc1ccc2c(c1)CCN2C(=O)c1cc(Nc2ccc3c(c2)C[C@]2(C3)C(=O)Nc3ncccc32)ncn1. The molecule has 2 N–H and O–H groups in total. The third kappa shape index (κ3) is 3.40. The van der Waals surface area contributed by atoms with E-state index in [9.17, 15) is 9.59 Å². The summed E-state index contributed by atoms with van der Waals surface area (Å²) in [5.74, 6) is 1.07. The van der Waals surface area contributed by atoms with Gasteiger partial charge in [-0.2, -0.15) is 0 Å². The first-order valence-electron chi connectivity index (χ1n) is 12.4. The molecule has 1 atom stereocenters. The van der Waals surface area contributed by atoms with Crippen molar-refractivity contribution in [3.8, 4) is 0 Å². The van der Waals surface area contributed by atoms with Crippen molar-refractivity contribution >= 4 is 34.8 Å². The second-order valence-corrected chi connectivity index (χ2v) is 10.0. The summed E-state index contributed by atoms with van der Waals surface area (Å²) in [6.45, 7) is 2.70. The van der Waals surface area contributed by atoms with E-state index in [1.54, 1.807) is 17.2 Å². The molecule has 0 fully saturated rings. The number of aromatic nitrogens is 3. The smallest absolute Gasteiger partial charge is 0.277 e. The quantitative estimate of drug-likeness (QED) is 0.450. The molecule has 2 aromatic carbocycles. The van der Waals surface area contributed by atoms with E-state index in [2.05, 4.69) is 50.7 Å². The molecule has 37 heavy (non-hydrogen) atoms. The second kappa shape index (κ2) is 7.96. The molecular formula is C29H24N6O2. The Hall–Kier alpha value is -4.59. The van der Waals surface area contributed by atoms with Gasteiger partial charge in [0.1, 0.15) is 23.7 Å². The van der Waals surface area contributed by atoms with Crippen LogP contribution in [0.15, 0.2) is 67.1 Å². The molecule has 1 spiro atoms. The highest BCUT2D eigenvalue weighted by Gasteiger charge is 2.51. The molecular weight excluding hydrogens is 464 g/mol. The minimum atomic E-state index is -0.608. The number of anilines is 4. The number of hydrogen-bond donors (Lipinski definition) is 2.